The Hall–Kier alpha value is -3.54. The van der Waals surface area contributed by atoms with E-state index < -0.39 is 5.97 Å². The summed E-state index contributed by atoms with van der Waals surface area (Å²) in [5, 5.41) is 0. The van der Waals surface area contributed by atoms with Gasteiger partial charge in [-0.15, -0.1) is 0 Å². The molecule has 2 aromatic carbocycles. The Bertz CT molecular complexity index is 1080. The third kappa shape index (κ3) is 3.94. The predicted octanol–water partition coefficient (Wildman–Crippen LogP) is 4.15. The van der Waals surface area contributed by atoms with Crippen LogP contribution in [0.3, 0.4) is 0 Å². The Kier molecular flexibility index (Phi) is 5.57. The van der Waals surface area contributed by atoms with E-state index >= 15 is 0 Å². The van der Waals surface area contributed by atoms with E-state index in [1.54, 1.807) is 12.1 Å². The number of hydrogen-bond donors (Lipinski definition) is 0. The number of esters is 1. The topological polar surface area (TPSA) is 69.0 Å². The number of rotatable bonds is 6. The second kappa shape index (κ2) is 8.45. The van der Waals surface area contributed by atoms with Crippen molar-refractivity contribution in [3.8, 4) is 5.75 Å². The molecule has 0 atom stereocenters. The first-order valence-corrected chi connectivity index (χ1v) is 9.82. The molecule has 154 valence electrons. The highest BCUT2D eigenvalue weighted by Crippen LogP contribution is 2.29. The van der Waals surface area contributed by atoms with E-state index in [4.69, 9.17) is 9.15 Å². The Balaban J connectivity index is 1.48. The summed E-state index contributed by atoms with van der Waals surface area (Å²) < 4.78 is 16.0. The Morgan fingerprint density at radius 1 is 1.10 bits per heavy atom. The van der Waals surface area contributed by atoms with Crippen LogP contribution in [0.25, 0.3) is 0 Å². The summed E-state index contributed by atoms with van der Waals surface area (Å²) in [5.74, 6) is 0.783. The average molecular weight is 405 g/mol. The van der Waals surface area contributed by atoms with Gasteiger partial charge < -0.3 is 18.8 Å². The maximum Gasteiger partial charge on any atom is 0.373 e. The molecule has 0 saturated carbocycles. The molecule has 30 heavy (non-hydrogen) atoms. The van der Waals surface area contributed by atoms with Gasteiger partial charge in [0.2, 0.25) is 5.76 Å². The monoisotopic (exact) mass is 405 g/mol. The van der Waals surface area contributed by atoms with Crippen molar-refractivity contribution in [2.45, 2.75) is 26.5 Å². The zero-order valence-corrected chi connectivity index (χ0v) is 17.0. The minimum atomic E-state index is -0.530. The van der Waals surface area contributed by atoms with E-state index in [1.807, 2.05) is 35.2 Å². The fraction of sp³-hybridized carbons (Fsp3) is 0.250. The van der Waals surface area contributed by atoms with Gasteiger partial charge in [-0.05, 0) is 48.7 Å². The van der Waals surface area contributed by atoms with Crippen molar-refractivity contribution in [1.82, 2.24) is 4.90 Å². The molecule has 0 fully saturated rings. The molecule has 1 aliphatic heterocycles. The minimum absolute atomic E-state index is 0.0101. The van der Waals surface area contributed by atoms with Crippen LogP contribution < -0.4 is 4.74 Å². The molecule has 0 unspecified atom stereocenters. The third-order valence-electron chi connectivity index (χ3n) is 5.32. The smallest absolute Gasteiger partial charge is 0.373 e. The number of fused-ring (bicyclic) bond motifs is 1. The second-order valence-electron chi connectivity index (χ2n) is 7.23. The quantitative estimate of drug-likeness (QED) is 0.576. The zero-order chi connectivity index (χ0) is 21.1. The van der Waals surface area contributed by atoms with Gasteiger partial charge in [0, 0.05) is 24.2 Å². The van der Waals surface area contributed by atoms with Crippen molar-refractivity contribution >= 4 is 11.9 Å². The summed E-state index contributed by atoms with van der Waals surface area (Å²) in [7, 11) is 1.30. The van der Waals surface area contributed by atoms with E-state index in [0.29, 0.717) is 36.6 Å². The molecule has 0 N–H and O–H groups in total. The molecular weight excluding hydrogens is 382 g/mol. The highest BCUT2D eigenvalue weighted by Gasteiger charge is 2.27. The van der Waals surface area contributed by atoms with Gasteiger partial charge in [-0.1, -0.05) is 30.3 Å². The number of aryl methyl sites for hydroxylation is 1. The van der Waals surface area contributed by atoms with Crippen LogP contribution in [-0.2, 0) is 24.3 Å². The van der Waals surface area contributed by atoms with E-state index in [9.17, 15) is 9.59 Å². The van der Waals surface area contributed by atoms with Crippen molar-refractivity contribution < 1.29 is 23.5 Å². The number of carbonyl (C=O) groups is 2. The van der Waals surface area contributed by atoms with Crippen LogP contribution in [0.4, 0.5) is 0 Å². The van der Waals surface area contributed by atoms with Gasteiger partial charge in [0.25, 0.3) is 5.91 Å². The summed E-state index contributed by atoms with van der Waals surface area (Å²) in [6, 6.07) is 16.9. The van der Waals surface area contributed by atoms with Crippen LogP contribution in [-0.4, -0.2) is 30.4 Å². The molecule has 1 aliphatic rings. The lowest BCUT2D eigenvalue weighted by molar-refractivity contribution is 0.0560. The molecule has 0 spiro atoms. The normalized spacial score (nSPS) is 13.1. The second-order valence-corrected chi connectivity index (χ2v) is 7.23. The van der Waals surface area contributed by atoms with Gasteiger partial charge in [-0.25, -0.2) is 4.79 Å². The minimum Gasteiger partial charge on any atom is -0.485 e. The van der Waals surface area contributed by atoms with Crippen molar-refractivity contribution in [2.75, 3.05) is 13.7 Å². The van der Waals surface area contributed by atoms with Gasteiger partial charge in [0.1, 0.15) is 18.1 Å². The number of amides is 1. The average Bonchev–Trinajstić information content (AvgIpc) is 3.24. The molecule has 4 rings (SSSR count). The number of ether oxygens (including phenoxy) is 2. The molecule has 1 amide bonds. The van der Waals surface area contributed by atoms with Gasteiger partial charge in [-0.3, -0.25) is 4.79 Å². The number of hydrogen-bond acceptors (Lipinski definition) is 5. The van der Waals surface area contributed by atoms with Gasteiger partial charge in [0.05, 0.1) is 7.11 Å². The standard InChI is InChI=1S/C24H23NO5/c1-16-6-3-4-7-17(16)14-25-13-12-19-20(23(25)26)8-5-9-21(19)29-15-18-10-11-22(30-18)24(27)28-2/h3-11H,12-15H2,1-2H3. The molecular formula is C24H23NO5. The lowest BCUT2D eigenvalue weighted by Gasteiger charge is -2.30. The maximum absolute atomic E-state index is 13.1. The van der Waals surface area contributed by atoms with Gasteiger partial charge in [-0.2, -0.15) is 0 Å². The van der Waals surface area contributed by atoms with Crippen LogP contribution >= 0.6 is 0 Å². The maximum atomic E-state index is 13.1. The first-order chi connectivity index (χ1) is 14.6. The SMILES string of the molecule is COC(=O)c1ccc(COc2cccc3c2CCN(Cc2ccccc2C)C3=O)o1. The Morgan fingerprint density at radius 3 is 2.73 bits per heavy atom. The largest absolute Gasteiger partial charge is 0.485 e. The first-order valence-electron chi connectivity index (χ1n) is 9.82. The third-order valence-corrected chi connectivity index (χ3v) is 5.32. The van der Waals surface area contributed by atoms with E-state index in [2.05, 4.69) is 23.8 Å². The number of nitrogens with zero attached hydrogens (tertiary/aromatic N) is 1. The highest BCUT2D eigenvalue weighted by atomic mass is 16.5. The summed E-state index contributed by atoms with van der Waals surface area (Å²) in [5.41, 5.74) is 3.91. The fourth-order valence-electron chi connectivity index (χ4n) is 3.64. The van der Waals surface area contributed by atoms with Crippen molar-refractivity contribution in [2.24, 2.45) is 0 Å². The molecule has 2 heterocycles. The molecule has 1 aromatic heterocycles. The van der Waals surface area contributed by atoms with Crippen LogP contribution in [0.2, 0.25) is 0 Å². The zero-order valence-electron chi connectivity index (χ0n) is 17.0. The predicted molar refractivity (Wildman–Crippen MR) is 110 cm³/mol. The van der Waals surface area contributed by atoms with E-state index in [-0.39, 0.29) is 18.3 Å². The fourth-order valence-corrected chi connectivity index (χ4v) is 3.64. The molecule has 6 heteroatoms. The Labute approximate surface area is 175 Å². The molecule has 6 nitrogen and oxygen atoms in total. The van der Waals surface area contributed by atoms with Crippen molar-refractivity contribution in [1.29, 1.82) is 0 Å². The number of carbonyl (C=O) groups excluding carboxylic acids is 2. The highest BCUT2D eigenvalue weighted by molar-refractivity contribution is 5.97. The van der Waals surface area contributed by atoms with Crippen LogP contribution in [0.1, 0.15) is 43.4 Å². The lowest BCUT2D eigenvalue weighted by atomic mass is 9.97. The molecule has 3 aromatic rings. The molecule has 0 bridgehead atoms. The molecule has 0 aliphatic carbocycles. The summed E-state index contributed by atoms with van der Waals surface area (Å²) in [6.45, 7) is 3.45. The van der Waals surface area contributed by atoms with E-state index in [1.165, 1.54) is 12.7 Å². The summed E-state index contributed by atoms with van der Waals surface area (Å²) >= 11 is 0. The Morgan fingerprint density at radius 2 is 1.93 bits per heavy atom. The van der Waals surface area contributed by atoms with Crippen LogP contribution in [0.15, 0.2) is 59.0 Å². The molecule has 0 saturated heterocycles. The lowest BCUT2D eigenvalue weighted by Crippen LogP contribution is -2.37. The number of benzene rings is 2. The van der Waals surface area contributed by atoms with Gasteiger partial charge in [0.15, 0.2) is 0 Å². The van der Waals surface area contributed by atoms with Crippen LogP contribution in [0, 0.1) is 6.92 Å². The first kappa shape index (κ1) is 19.8. The van der Waals surface area contributed by atoms with E-state index in [0.717, 1.165) is 11.1 Å². The van der Waals surface area contributed by atoms with Crippen molar-refractivity contribution in [3.05, 3.63) is 88.4 Å². The van der Waals surface area contributed by atoms with Crippen LogP contribution in [0.5, 0.6) is 5.75 Å². The molecule has 0 radical (unpaired) electrons. The number of methoxy groups -OCH3 is 1. The summed E-state index contributed by atoms with van der Waals surface area (Å²) in [6.07, 6.45) is 0.717. The van der Waals surface area contributed by atoms with Gasteiger partial charge >= 0.3 is 5.97 Å². The number of furan rings is 1. The van der Waals surface area contributed by atoms with Crippen molar-refractivity contribution in [3.63, 3.8) is 0 Å². The summed E-state index contributed by atoms with van der Waals surface area (Å²) in [4.78, 5) is 26.5.